The Morgan fingerprint density at radius 2 is 2.07 bits per heavy atom. The number of hydrogen-bond donors (Lipinski definition) is 0. The molecule has 1 aromatic carbocycles. The number of benzene rings is 1. The third kappa shape index (κ3) is 5.61. The number of ether oxygens (including phenoxy) is 2. The summed E-state index contributed by atoms with van der Waals surface area (Å²) < 4.78 is 12.1. The molecule has 0 unspecified atom stereocenters. The molecule has 4 aliphatic heterocycles. The molecule has 0 spiro atoms. The molecule has 2 atom stereocenters. The zero-order chi connectivity index (χ0) is 28.3. The van der Waals surface area contributed by atoms with E-state index in [9.17, 15) is 10.1 Å². The van der Waals surface area contributed by atoms with Crippen LogP contribution in [-0.2, 0) is 35.5 Å². The van der Waals surface area contributed by atoms with Gasteiger partial charge < -0.3 is 29.1 Å². The highest BCUT2D eigenvalue weighted by Crippen LogP contribution is 2.35. The smallest absolute Gasteiger partial charge is 0.318 e. The van der Waals surface area contributed by atoms with Gasteiger partial charge in [0, 0.05) is 49.0 Å². The van der Waals surface area contributed by atoms with E-state index in [1.807, 2.05) is 0 Å². The first-order valence-corrected chi connectivity index (χ1v) is 14.8. The van der Waals surface area contributed by atoms with Gasteiger partial charge in [-0.3, -0.25) is 4.79 Å². The molecule has 1 aromatic heterocycles. The van der Waals surface area contributed by atoms with E-state index in [-0.39, 0.29) is 18.4 Å². The molecule has 0 radical (unpaired) electrons. The van der Waals surface area contributed by atoms with Crippen molar-refractivity contribution in [2.45, 2.75) is 57.3 Å². The molecule has 0 bridgehead atoms. The Morgan fingerprint density at radius 1 is 1.17 bits per heavy atom. The Balaban J connectivity index is 1.31. The van der Waals surface area contributed by atoms with E-state index in [2.05, 4.69) is 52.6 Å². The molecule has 4 aliphatic rings. The Morgan fingerprint density at radius 3 is 2.88 bits per heavy atom. The fourth-order valence-electron chi connectivity index (χ4n) is 6.69. The van der Waals surface area contributed by atoms with E-state index in [0.29, 0.717) is 51.4 Å². The van der Waals surface area contributed by atoms with Gasteiger partial charge >= 0.3 is 6.01 Å². The maximum atomic E-state index is 12.5. The van der Waals surface area contributed by atoms with Crippen LogP contribution in [0.3, 0.4) is 0 Å². The van der Waals surface area contributed by atoms with Crippen LogP contribution in [0.25, 0.3) is 0 Å². The highest BCUT2D eigenvalue weighted by Gasteiger charge is 2.34. The number of anilines is 2. The first-order chi connectivity index (χ1) is 20.1. The summed E-state index contributed by atoms with van der Waals surface area (Å²) in [7, 11) is 2.14. The topological polar surface area (TPSA) is 98.1 Å². The number of amides is 1. The molecule has 10 heteroatoms. The maximum absolute atomic E-state index is 12.5. The lowest BCUT2D eigenvalue weighted by molar-refractivity contribution is -0.128. The molecule has 10 nitrogen and oxygen atoms in total. The summed E-state index contributed by atoms with van der Waals surface area (Å²) in [5.74, 6) is 0.738. The number of nitriles is 1. The molecule has 2 saturated heterocycles. The number of nitrogens with zero attached hydrogens (tertiary/aromatic N) is 7. The van der Waals surface area contributed by atoms with Crippen LogP contribution in [0, 0.1) is 11.3 Å². The summed E-state index contributed by atoms with van der Waals surface area (Å²) in [6.07, 6.45) is 5.62. The summed E-state index contributed by atoms with van der Waals surface area (Å²) in [4.78, 5) is 31.2. The monoisotopic (exact) mass is 557 g/mol. The number of likely N-dealkylation sites (tertiary alicyclic amines) is 1. The fraction of sp³-hybridized carbons (Fsp3) is 0.548. The SMILES string of the molecule is C=CC(=O)N1CCN(c2nc(OC[C@@H]3CCCN3C)nc3c2CCN(c2cccc4c2COCC4)C3)C[C@@H]1CC#N. The van der Waals surface area contributed by atoms with Crippen LogP contribution in [0.1, 0.15) is 41.6 Å². The standard InChI is InChI=1S/C31H39N7O3/c1-3-29(39)38-16-15-37(18-23(38)9-12-32)30-25-10-14-36(28-8-4-6-22-11-17-40-21-26(22)28)19-27(25)33-31(34-30)41-20-24-7-5-13-35(24)2/h3-4,6,8,23-24H,1,5,7,9-11,13-21H2,2H3/t23-,24-/m0/s1. The highest BCUT2D eigenvalue weighted by atomic mass is 16.5. The Hall–Kier alpha value is -3.68. The lowest BCUT2D eigenvalue weighted by Gasteiger charge is -2.42. The second kappa shape index (κ2) is 12.0. The van der Waals surface area contributed by atoms with Crippen molar-refractivity contribution in [3.05, 3.63) is 53.2 Å². The maximum Gasteiger partial charge on any atom is 0.318 e. The number of rotatable bonds is 7. The van der Waals surface area contributed by atoms with Crippen molar-refractivity contribution in [1.29, 1.82) is 5.26 Å². The van der Waals surface area contributed by atoms with Crippen molar-refractivity contribution in [2.24, 2.45) is 0 Å². The van der Waals surface area contributed by atoms with Crippen molar-refractivity contribution >= 4 is 17.4 Å². The first-order valence-electron chi connectivity index (χ1n) is 14.8. The summed E-state index contributed by atoms with van der Waals surface area (Å²) in [6.45, 7) is 9.89. The molecule has 6 rings (SSSR count). The molecular formula is C31H39N7O3. The van der Waals surface area contributed by atoms with Gasteiger partial charge in [0.05, 0.1) is 44.0 Å². The quantitative estimate of drug-likeness (QED) is 0.476. The van der Waals surface area contributed by atoms with Gasteiger partial charge in [-0.2, -0.15) is 15.2 Å². The van der Waals surface area contributed by atoms with Crippen LogP contribution < -0.4 is 14.5 Å². The van der Waals surface area contributed by atoms with Gasteiger partial charge in [-0.15, -0.1) is 0 Å². The van der Waals surface area contributed by atoms with E-state index in [4.69, 9.17) is 19.4 Å². The van der Waals surface area contributed by atoms with Crippen molar-refractivity contribution in [3.63, 3.8) is 0 Å². The molecule has 1 amide bonds. The molecule has 5 heterocycles. The van der Waals surface area contributed by atoms with Gasteiger partial charge in [0.1, 0.15) is 12.4 Å². The normalized spacial score (nSPS) is 22.6. The molecule has 41 heavy (non-hydrogen) atoms. The minimum atomic E-state index is -0.225. The number of likely N-dealkylation sites (N-methyl/N-ethyl adjacent to an activating group) is 1. The van der Waals surface area contributed by atoms with Crippen LogP contribution in [0.5, 0.6) is 6.01 Å². The Bertz CT molecular complexity index is 1340. The van der Waals surface area contributed by atoms with E-state index in [1.165, 1.54) is 29.3 Å². The Kier molecular flexibility index (Phi) is 8.08. The van der Waals surface area contributed by atoms with E-state index >= 15 is 0 Å². The van der Waals surface area contributed by atoms with Crippen LogP contribution in [0.4, 0.5) is 11.5 Å². The summed E-state index contributed by atoms with van der Waals surface area (Å²) >= 11 is 0. The minimum Gasteiger partial charge on any atom is -0.462 e. The van der Waals surface area contributed by atoms with Gasteiger partial charge in [-0.1, -0.05) is 18.7 Å². The molecule has 0 N–H and O–H groups in total. The Labute approximate surface area is 242 Å². The molecular weight excluding hydrogens is 518 g/mol. The fourth-order valence-corrected chi connectivity index (χ4v) is 6.69. The van der Waals surface area contributed by atoms with E-state index < -0.39 is 0 Å². The number of aromatic nitrogens is 2. The van der Waals surface area contributed by atoms with Gasteiger partial charge in [0.2, 0.25) is 5.91 Å². The lowest BCUT2D eigenvalue weighted by atomic mass is 9.98. The predicted molar refractivity (Wildman–Crippen MR) is 156 cm³/mol. The first kappa shape index (κ1) is 27.5. The molecule has 2 fully saturated rings. The van der Waals surface area contributed by atoms with E-state index in [0.717, 1.165) is 56.0 Å². The third-order valence-electron chi connectivity index (χ3n) is 9.02. The van der Waals surface area contributed by atoms with Crippen molar-refractivity contribution in [1.82, 2.24) is 19.8 Å². The summed E-state index contributed by atoms with van der Waals surface area (Å²) in [5.41, 5.74) is 5.97. The van der Waals surface area contributed by atoms with Gasteiger partial charge in [0.15, 0.2) is 0 Å². The lowest BCUT2D eigenvalue weighted by Crippen LogP contribution is -2.55. The van der Waals surface area contributed by atoms with Gasteiger partial charge in [-0.05, 0) is 57.0 Å². The molecule has 0 aliphatic carbocycles. The predicted octanol–water partition coefficient (Wildman–Crippen LogP) is 2.70. The van der Waals surface area contributed by atoms with Crippen molar-refractivity contribution in [2.75, 3.05) is 62.8 Å². The average molecular weight is 558 g/mol. The average Bonchev–Trinajstić information content (AvgIpc) is 3.43. The van der Waals surface area contributed by atoms with Gasteiger partial charge in [-0.25, -0.2) is 0 Å². The van der Waals surface area contributed by atoms with Crippen molar-refractivity contribution < 1.29 is 14.3 Å². The number of hydrogen-bond acceptors (Lipinski definition) is 9. The molecule has 0 saturated carbocycles. The van der Waals surface area contributed by atoms with Crippen LogP contribution in [-0.4, -0.2) is 90.7 Å². The van der Waals surface area contributed by atoms with E-state index in [1.54, 1.807) is 4.90 Å². The highest BCUT2D eigenvalue weighted by molar-refractivity contribution is 5.87. The second-order valence-corrected chi connectivity index (χ2v) is 11.4. The molecule has 2 aromatic rings. The number of fused-ring (bicyclic) bond motifs is 2. The van der Waals surface area contributed by atoms with Crippen LogP contribution in [0.15, 0.2) is 30.9 Å². The zero-order valence-electron chi connectivity index (χ0n) is 23.9. The number of carbonyl (C=O) groups is 1. The minimum absolute atomic E-state index is 0.134. The third-order valence-corrected chi connectivity index (χ3v) is 9.02. The van der Waals surface area contributed by atoms with Crippen molar-refractivity contribution in [3.8, 4) is 12.1 Å². The molecule has 216 valence electrons. The number of carbonyl (C=O) groups excluding carboxylic acids is 1. The summed E-state index contributed by atoms with van der Waals surface area (Å²) in [6, 6.07) is 9.35. The van der Waals surface area contributed by atoms with Crippen LogP contribution in [0.2, 0.25) is 0 Å². The largest absolute Gasteiger partial charge is 0.462 e. The van der Waals surface area contributed by atoms with Crippen LogP contribution >= 0.6 is 0 Å². The van der Waals surface area contributed by atoms with Gasteiger partial charge in [0.25, 0.3) is 0 Å². The second-order valence-electron chi connectivity index (χ2n) is 11.4. The number of piperazine rings is 1. The summed E-state index contributed by atoms with van der Waals surface area (Å²) in [5, 5.41) is 9.50. The zero-order valence-corrected chi connectivity index (χ0v) is 23.9.